The summed E-state index contributed by atoms with van der Waals surface area (Å²) in [6, 6.07) is 10.4. The van der Waals surface area contributed by atoms with Crippen molar-refractivity contribution < 1.29 is 19.4 Å². The lowest BCUT2D eigenvalue weighted by Crippen LogP contribution is -2.28. The number of hydrogen-bond donors (Lipinski definition) is 1. The molecule has 168 valence electrons. The first-order chi connectivity index (χ1) is 15.2. The second-order valence-electron chi connectivity index (χ2n) is 7.74. The van der Waals surface area contributed by atoms with Crippen LogP contribution in [0.1, 0.15) is 60.7 Å². The molecule has 1 saturated heterocycles. The molecule has 3 rings (SSSR count). The summed E-state index contributed by atoms with van der Waals surface area (Å²) in [6.45, 7) is 11.2. The van der Waals surface area contributed by atoms with Crippen LogP contribution in [0.5, 0.6) is 5.75 Å². The summed E-state index contributed by atoms with van der Waals surface area (Å²) in [5, 5.41) is 9.65. The first-order valence-electron chi connectivity index (χ1n) is 10.7. The monoisotopic (exact) mass is 452 g/mol. The molecule has 1 fully saturated rings. The Hall–Kier alpha value is -3.06. The molecule has 1 amide bonds. The van der Waals surface area contributed by atoms with Gasteiger partial charge in [0.05, 0.1) is 22.8 Å². The highest BCUT2D eigenvalue weighted by Crippen LogP contribution is 2.36. The molecular weight excluding hydrogens is 424 g/mol. The van der Waals surface area contributed by atoms with Gasteiger partial charge in [-0.25, -0.2) is 9.79 Å². The van der Waals surface area contributed by atoms with E-state index in [1.165, 1.54) is 23.9 Å². The summed E-state index contributed by atoms with van der Waals surface area (Å²) in [4.78, 5) is 30.9. The van der Waals surface area contributed by atoms with Gasteiger partial charge in [0.1, 0.15) is 5.75 Å². The highest BCUT2D eigenvalue weighted by atomic mass is 32.2. The van der Waals surface area contributed by atoms with E-state index >= 15 is 0 Å². The van der Waals surface area contributed by atoms with Crippen molar-refractivity contribution >= 4 is 40.6 Å². The molecule has 32 heavy (non-hydrogen) atoms. The molecule has 0 aromatic heterocycles. The van der Waals surface area contributed by atoms with E-state index in [0.717, 1.165) is 22.4 Å². The van der Waals surface area contributed by atoms with Gasteiger partial charge in [-0.15, -0.1) is 0 Å². The fourth-order valence-electron chi connectivity index (χ4n) is 3.40. The zero-order valence-corrected chi connectivity index (χ0v) is 19.8. The molecule has 0 spiro atoms. The third kappa shape index (κ3) is 5.05. The van der Waals surface area contributed by atoms with E-state index in [1.54, 1.807) is 17.0 Å². The molecule has 0 bridgehead atoms. The predicted molar refractivity (Wildman–Crippen MR) is 130 cm³/mol. The summed E-state index contributed by atoms with van der Waals surface area (Å²) in [5.74, 6) is 0.105. The number of ether oxygens (including phenoxy) is 1. The van der Waals surface area contributed by atoms with Crippen LogP contribution < -0.4 is 4.74 Å². The minimum atomic E-state index is -0.985. The SMILES string of the molecule is CCOc1cc(C)c(C=C2SC(=Nc3ccc(C(=O)O)cc3)N(CC)C2=O)cc1C(C)C. The van der Waals surface area contributed by atoms with Crippen LogP contribution >= 0.6 is 11.8 Å². The van der Waals surface area contributed by atoms with Gasteiger partial charge in [-0.3, -0.25) is 9.69 Å². The second kappa shape index (κ2) is 10.0. The lowest BCUT2D eigenvalue weighted by Gasteiger charge is -2.16. The van der Waals surface area contributed by atoms with E-state index in [0.29, 0.717) is 34.8 Å². The Balaban J connectivity index is 1.96. The van der Waals surface area contributed by atoms with Gasteiger partial charge in [-0.1, -0.05) is 13.8 Å². The zero-order valence-electron chi connectivity index (χ0n) is 19.0. The van der Waals surface area contributed by atoms with Crippen molar-refractivity contribution in [3.63, 3.8) is 0 Å². The van der Waals surface area contributed by atoms with Crippen molar-refractivity contribution in [2.24, 2.45) is 4.99 Å². The minimum absolute atomic E-state index is 0.0854. The number of aliphatic imine (C=N–C) groups is 1. The number of amides is 1. The molecule has 2 aromatic rings. The number of rotatable bonds is 7. The lowest BCUT2D eigenvalue weighted by molar-refractivity contribution is -0.122. The van der Waals surface area contributed by atoms with Crippen molar-refractivity contribution in [1.29, 1.82) is 0 Å². The predicted octanol–water partition coefficient (Wildman–Crippen LogP) is 5.84. The van der Waals surface area contributed by atoms with Gasteiger partial charge in [0.2, 0.25) is 0 Å². The molecule has 0 saturated carbocycles. The molecular formula is C25H28N2O4S. The first-order valence-corrected chi connectivity index (χ1v) is 11.5. The number of carboxylic acid groups (broad SMARTS) is 1. The number of nitrogens with zero attached hydrogens (tertiary/aromatic N) is 2. The maximum atomic E-state index is 13.0. The zero-order chi connectivity index (χ0) is 23.4. The number of thioether (sulfide) groups is 1. The van der Waals surface area contributed by atoms with Crippen molar-refractivity contribution in [2.45, 2.75) is 40.5 Å². The van der Waals surface area contributed by atoms with Gasteiger partial charge in [0.25, 0.3) is 5.91 Å². The van der Waals surface area contributed by atoms with Crippen molar-refractivity contribution in [3.8, 4) is 5.75 Å². The number of carbonyl (C=O) groups is 2. The number of aryl methyl sites for hydroxylation is 1. The van der Waals surface area contributed by atoms with E-state index in [1.807, 2.05) is 32.9 Å². The van der Waals surface area contributed by atoms with Crippen molar-refractivity contribution in [2.75, 3.05) is 13.2 Å². The normalized spacial score (nSPS) is 16.4. The van der Waals surface area contributed by atoms with Crippen LogP contribution in [-0.2, 0) is 4.79 Å². The molecule has 0 radical (unpaired) electrons. The number of aromatic carboxylic acids is 1. The number of carbonyl (C=O) groups excluding carboxylic acids is 1. The van der Waals surface area contributed by atoms with Crippen LogP contribution in [-0.4, -0.2) is 40.2 Å². The quantitative estimate of drug-likeness (QED) is 0.534. The standard InChI is InChI=1S/C25H28N2O4S/c1-6-27-23(28)22(32-25(27)26-19-10-8-17(9-11-19)24(29)30)14-18-13-20(15(3)4)21(31-7-2)12-16(18)5/h8-15H,6-7H2,1-5H3,(H,29,30). The third-order valence-corrected chi connectivity index (χ3v) is 6.16. The molecule has 0 unspecified atom stereocenters. The molecule has 1 heterocycles. The Labute approximate surface area is 193 Å². The average molecular weight is 453 g/mol. The molecule has 0 aliphatic carbocycles. The van der Waals surface area contributed by atoms with Gasteiger partial charge < -0.3 is 9.84 Å². The molecule has 2 aromatic carbocycles. The number of carboxylic acids is 1. The average Bonchev–Trinajstić information content (AvgIpc) is 3.04. The van der Waals surface area contributed by atoms with Crippen LogP contribution in [0.25, 0.3) is 6.08 Å². The van der Waals surface area contributed by atoms with E-state index in [9.17, 15) is 9.59 Å². The highest BCUT2D eigenvalue weighted by Gasteiger charge is 2.32. The summed E-state index contributed by atoms with van der Waals surface area (Å²) in [5.41, 5.74) is 3.93. The van der Waals surface area contributed by atoms with E-state index in [4.69, 9.17) is 9.84 Å². The largest absolute Gasteiger partial charge is 0.494 e. The third-order valence-electron chi connectivity index (χ3n) is 5.15. The summed E-state index contributed by atoms with van der Waals surface area (Å²) in [6.07, 6.45) is 1.92. The highest BCUT2D eigenvalue weighted by molar-refractivity contribution is 8.18. The van der Waals surface area contributed by atoms with E-state index < -0.39 is 5.97 Å². The Morgan fingerprint density at radius 1 is 1.22 bits per heavy atom. The van der Waals surface area contributed by atoms with Crippen molar-refractivity contribution in [3.05, 3.63) is 63.6 Å². The fraction of sp³-hybridized carbons (Fsp3) is 0.320. The van der Waals surface area contributed by atoms with Crippen LogP contribution in [0.15, 0.2) is 46.3 Å². The smallest absolute Gasteiger partial charge is 0.335 e. The summed E-state index contributed by atoms with van der Waals surface area (Å²) in [7, 11) is 0. The molecule has 0 atom stereocenters. The number of benzene rings is 2. The maximum Gasteiger partial charge on any atom is 0.335 e. The summed E-state index contributed by atoms with van der Waals surface area (Å²) < 4.78 is 5.81. The van der Waals surface area contributed by atoms with Gasteiger partial charge in [-0.2, -0.15) is 0 Å². The Bertz CT molecular complexity index is 1090. The van der Waals surface area contributed by atoms with Gasteiger partial charge >= 0.3 is 5.97 Å². The Morgan fingerprint density at radius 2 is 1.91 bits per heavy atom. The molecule has 1 aliphatic rings. The Kier molecular flexibility index (Phi) is 7.40. The number of hydrogen-bond acceptors (Lipinski definition) is 5. The molecule has 1 N–H and O–H groups in total. The topological polar surface area (TPSA) is 79.2 Å². The molecule has 1 aliphatic heterocycles. The van der Waals surface area contributed by atoms with Gasteiger partial charge in [0, 0.05) is 6.54 Å². The lowest BCUT2D eigenvalue weighted by atomic mass is 9.96. The number of amidine groups is 1. The van der Waals surface area contributed by atoms with Gasteiger partial charge in [0.15, 0.2) is 5.17 Å². The minimum Gasteiger partial charge on any atom is -0.494 e. The van der Waals surface area contributed by atoms with Crippen LogP contribution in [0.2, 0.25) is 0 Å². The first kappa shape index (κ1) is 23.6. The van der Waals surface area contributed by atoms with E-state index in [-0.39, 0.29) is 11.5 Å². The van der Waals surface area contributed by atoms with Crippen LogP contribution in [0, 0.1) is 6.92 Å². The van der Waals surface area contributed by atoms with E-state index in [2.05, 4.69) is 24.9 Å². The summed E-state index contributed by atoms with van der Waals surface area (Å²) >= 11 is 1.33. The van der Waals surface area contributed by atoms with Crippen molar-refractivity contribution in [1.82, 2.24) is 4.90 Å². The number of likely N-dealkylation sites (N-methyl/N-ethyl adjacent to an activating group) is 1. The maximum absolute atomic E-state index is 13.0. The fourth-order valence-corrected chi connectivity index (χ4v) is 4.46. The second-order valence-corrected chi connectivity index (χ2v) is 8.75. The Morgan fingerprint density at radius 3 is 2.47 bits per heavy atom. The molecule has 7 heteroatoms. The molecule has 6 nitrogen and oxygen atoms in total. The van der Waals surface area contributed by atoms with Crippen LogP contribution in [0.3, 0.4) is 0 Å². The van der Waals surface area contributed by atoms with Crippen LogP contribution in [0.4, 0.5) is 5.69 Å². The van der Waals surface area contributed by atoms with Gasteiger partial charge in [-0.05, 0) is 97.6 Å².